The average molecular weight is 815 g/mol. The summed E-state index contributed by atoms with van der Waals surface area (Å²) in [5.41, 5.74) is 14.0. The van der Waals surface area contributed by atoms with Crippen LogP contribution in [0.2, 0.25) is 0 Å². The Morgan fingerprint density at radius 2 is 1.20 bits per heavy atom. The number of fused-ring (bicyclic) bond motifs is 10. The number of ether oxygens (including phenoxy) is 3. The number of allylic oxidation sites excluding steroid dienone is 6. The Balaban J connectivity index is 1.21. The normalized spacial score (nSPS) is 18.7. The van der Waals surface area contributed by atoms with Crippen molar-refractivity contribution >= 4 is 55.8 Å². The Morgan fingerprint density at radius 1 is 0.656 bits per heavy atom. The zero-order chi connectivity index (χ0) is 43.4. The summed E-state index contributed by atoms with van der Waals surface area (Å²) in [6.45, 7) is 21.6. The van der Waals surface area contributed by atoms with Crippen molar-refractivity contribution in [1.82, 2.24) is 9.97 Å². The smallest absolute Gasteiger partial charge is 0.132 e. The summed E-state index contributed by atoms with van der Waals surface area (Å²) in [7, 11) is 1.69. The van der Waals surface area contributed by atoms with Gasteiger partial charge in [-0.15, -0.1) is 0 Å². The SMILES string of the molecule is COc1ccc2c([nH]c3c4c(c(C)cc32)OC(C)(C/C=C(\C)CCC=C(C)C)C=C4)c1-c1c(O)ccc2[nH]c3c4c(c(C)cc3c12)OC(C)(C/C=C(\C)CCC=C(C)C)C=C4. The van der Waals surface area contributed by atoms with Crippen molar-refractivity contribution in [3.05, 3.63) is 117 Å². The fourth-order valence-electron chi connectivity index (χ4n) is 9.17. The van der Waals surface area contributed by atoms with Crippen LogP contribution in [0, 0.1) is 13.8 Å². The molecule has 316 valence electrons. The van der Waals surface area contributed by atoms with E-state index in [0.717, 1.165) is 121 Å². The monoisotopic (exact) mass is 814 g/mol. The third-order valence-electron chi connectivity index (χ3n) is 12.7. The predicted octanol–water partition coefficient (Wildman–Crippen LogP) is 15.4. The van der Waals surface area contributed by atoms with Crippen LogP contribution in [0.5, 0.6) is 23.0 Å². The van der Waals surface area contributed by atoms with E-state index in [1.54, 1.807) is 13.2 Å². The van der Waals surface area contributed by atoms with Gasteiger partial charge in [-0.25, -0.2) is 0 Å². The number of aromatic nitrogens is 2. The second-order valence-electron chi connectivity index (χ2n) is 18.6. The molecule has 4 heterocycles. The van der Waals surface area contributed by atoms with Crippen LogP contribution < -0.4 is 14.2 Å². The number of benzene rings is 4. The standard InChI is InChI=1S/C55H62N2O4/c1-32(2)14-12-16-34(5)22-26-54(9)28-24-39-49-41(30-36(7)52(39)60-54)38-18-21-45(59-11)48(51(38)57-49)47-44(58)20-19-43-46(47)42-31-37(8)53-40(50(42)56-43)25-29-55(10,61-53)27-23-35(6)17-13-15-33(3)4/h14-15,18-25,28-31,56-58H,12-13,16-17,26-27H2,1-11H3/b34-22+,35-23+. The molecule has 0 aliphatic carbocycles. The minimum Gasteiger partial charge on any atom is -0.507 e. The number of phenols is 1. The lowest BCUT2D eigenvalue weighted by Gasteiger charge is -2.32. The maximum Gasteiger partial charge on any atom is 0.132 e. The molecule has 2 aliphatic rings. The summed E-state index contributed by atoms with van der Waals surface area (Å²) in [6, 6.07) is 12.3. The van der Waals surface area contributed by atoms with Crippen molar-refractivity contribution in [2.75, 3.05) is 7.11 Å². The van der Waals surface area contributed by atoms with Gasteiger partial charge in [0.2, 0.25) is 0 Å². The number of hydrogen-bond donors (Lipinski definition) is 3. The van der Waals surface area contributed by atoms with Crippen LogP contribution in [0.4, 0.5) is 0 Å². The molecule has 6 heteroatoms. The molecule has 6 nitrogen and oxygen atoms in total. The molecule has 8 rings (SSSR count). The number of phenolic OH excluding ortho intramolecular Hbond substituents is 1. The molecule has 2 aliphatic heterocycles. The Bertz CT molecular complexity index is 2920. The van der Waals surface area contributed by atoms with E-state index in [2.05, 4.69) is 146 Å². The van der Waals surface area contributed by atoms with Gasteiger partial charge < -0.3 is 29.3 Å². The van der Waals surface area contributed by atoms with E-state index in [1.807, 2.05) is 12.1 Å². The summed E-state index contributed by atoms with van der Waals surface area (Å²) < 4.78 is 19.9. The molecule has 2 unspecified atom stereocenters. The van der Waals surface area contributed by atoms with Crippen molar-refractivity contribution in [3.8, 4) is 34.1 Å². The van der Waals surface area contributed by atoms with Crippen LogP contribution in [-0.4, -0.2) is 33.4 Å². The molecule has 2 aromatic heterocycles. The molecule has 0 saturated heterocycles. The number of H-pyrrole nitrogens is 2. The van der Waals surface area contributed by atoms with Crippen molar-refractivity contribution in [3.63, 3.8) is 0 Å². The Kier molecular flexibility index (Phi) is 11.1. The number of nitrogens with one attached hydrogen (secondary N) is 2. The predicted molar refractivity (Wildman–Crippen MR) is 259 cm³/mol. The first-order valence-electron chi connectivity index (χ1n) is 21.9. The van der Waals surface area contributed by atoms with Gasteiger partial charge in [0.15, 0.2) is 0 Å². The van der Waals surface area contributed by atoms with Crippen molar-refractivity contribution < 1.29 is 19.3 Å². The molecular formula is C55H62N2O4. The van der Waals surface area contributed by atoms with E-state index in [-0.39, 0.29) is 5.75 Å². The molecule has 0 fully saturated rings. The number of rotatable bonds is 12. The minimum absolute atomic E-state index is 0.181. The van der Waals surface area contributed by atoms with Crippen LogP contribution in [-0.2, 0) is 0 Å². The highest BCUT2D eigenvalue weighted by atomic mass is 16.5. The molecule has 0 radical (unpaired) electrons. The molecule has 0 bridgehead atoms. The van der Waals surface area contributed by atoms with Gasteiger partial charge in [-0.1, -0.05) is 46.6 Å². The van der Waals surface area contributed by atoms with Gasteiger partial charge in [0.25, 0.3) is 0 Å². The lowest BCUT2D eigenvalue weighted by molar-refractivity contribution is 0.139. The number of aromatic amines is 2. The zero-order valence-electron chi connectivity index (χ0n) is 38.0. The molecular weight excluding hydrogens is 753 g/mol. The molecule has 3 N–H and O–H groups in total. The fourth-order valence-corrected chi connectivity index (χ4v) is 9.17. The third kappa shape index (κ3) is 7.93. The number of hydrogen-bond acceptors (Lipinski definition) is 4. The fraction of sp³-hybridized carbons (Fsp3) is 0.345. The maximum absolute atomic E-state index is 11.9. The van der Waals surface area contributed by atoms with Gasteiger partial charge in [-0.05, 0) is 167 Å². The largest absolute Gasteiger partial charge is 0.507 e. The third-order valence-corrected chi connectivity index (χ3v) is 12.7. The van der Waals surface area contributed by atoms with Gasteiger partial charge in [0, 0.05) is 56.6 Å². The molecule has 2 atom stereocenters. The van der Waals surface area contributed by atoms with Gasteiger partial charge in [0.1, 0.15) is 34.2 Å². The van der Waals surface area contributed by atoms with E-state index >= 15 is 0 Å². The second-order valence-corrected chi connectivity index (χ2v) is 18.6. The van der Waals surface area contributed by atoms with Crippen molar-refractivity contribution in [2.24, 2.45) is 0 Å². The Morgan fingerprint density at radius 3 is 1.74 bits per heavy atom. The minimum atomic E-state index is -0.463. The van der Waals surface area contributed by atoms with Crippen LogP contribution in [0.1, 0.15) is 116 Å². The molecule has 6 aromatic rings. The molecule has 61 heavy (non-hydrogen) atoms. The van der Waals surface area contributed by atoms with Gasteiger partial charge in [-0.2, -0.15) is 0 Å². The summed E-state index contributed by atoms with van der Waals surface area (Å²) in [5.74, 6) is 2.64. The van der Waals surface area contributed by atoms with Crippen molar-refractivity contribution in [2.45, 2.75) is 119 Å². The Labute approximate surface area is 361 Å². The van der Waals surface area contributed by atoms with Crippen LogP contribution >= 0.6 is 0 Å². The molecule has 0 amide bonds. The highest BCUT2D eigenvalue weighted by Gasteiger charge is 2.32. The van der Waals surface area contributed by atoms with E-state index in [0.29, 0.717) is 11.3 Å². The van der Waals surface area contributed by atoms with Gasteiger partial charge in [0.05, 0.1) is 29.2 Å². The Hall–Kier alpha value is -5.88. The van der Waals surface area contributed by atoms with E-state index in [9.17, 15) is 5.11 Å². The first kappa shape index (κ1) is 41.8. The summed E-state index contributed by atoms with van der Waals surface area (Å²) >= 11 is 0. The first-order valence-corrected chi connectivity index (χ1v) is 21.9. The van der Waals surface area contributed by atoms with Gasteiger partial charge >= 0.3 is 0 Å². The average Bonchev–Trinajstić information content (AvgIpc) is 3.77. The zero-order valence-corrected chi connectivity index (χ0v) is 38.0. The van der Waals surface area contributed by atoms with Crippen LogP contribution in [0.25, 0.3) is 66.9 Å². The van der Waals surface area contributed by atoms with Crippen LogP contribution in [0.3, 0.4) is 0 Å². The van der Waals surface area contributed by atoms with E-state index in [1.165, 1.54) is 22.3 Å². The highest BCUT2D eigenvalue weighted by Crippen LogP contribution is 2.51. The highest BCUT2D eigenvalue weighted by molar-refractivity contribution is 6.23. The topological polar surface area (TPSA) is 79.5 Å². The number of aromatic hydroxyl groups is 1. The first-order chi connectivity index (χ1) is 29.1. The summed E-state index contributed by atoms with van der Waals surface area (Å²) in [5, 5.41) is 16.0. The quantitative estimate of drug-likeness (QED) is 0.108. The molecule has 0 saturated carbocycles. The lowest BCUT2D eigenvalue weighted by Crippen LogP contribution is -2.31. The van der Waals surface area contributed by atoms with E-state index < -0.39 is 11.2 Å². The molecule has 4 aromatic carbocycles. The van der Waals surface area contributed by atoms with Gasteiger partial charge in [-0.3, -0.25) is 0 Å². The van der Waals surface area contributed by atoms with E-state index in [4.69, 9.17) is 14.2 Å². The number of methoxy groups -OCH3 is 1. The van der Waals surface area contributed by atoms with Crippen molar-refractivity contribution in [1.29, 1.82) is 0 Å². The number of aryl methyl sites for hydroxylation is 2. The summed E-state index contributed by atoms with van der Waals surface area (Å²) in [6.07, 6.45) is 23.9. The maximum atomic E-state index is 11.9. The molecule has 0 spiro atoms. The summed E-state index contributed by atoms with van der Waals surface area (Å²) in [4.78, 5) is 7.57. The second kappa shape index (κ2) is 16.2. The van der Waals surface area contributed by atoms with Crippen LogP contribution in [0.15, 0.2) is 95.1 Å². The lowest BCUT2D eigenvalue weighted by atomic mass is 9.91.